The van der Waals surface area contributed by atoms with Gasteiger partial charge < -0.3 is 10.2 Å². The van der Waals surface area contributed by atoms with E-state index in [1.165, 1.54) is 0 Å². The van der Waals surface area contributed by atoms with Crippen molar-refractivity contribution in [2.45, 2.75) is 18.9 Å². The molecule has 2 fully saturated rings. The van der Waals surface area contributed by atoms with Gasteiger partial charge in [0.05, 0.1) is 5.69 Å². The van der Waals surface area contributed by atoms with Crippen LogP contribution in [0.25, 0.3) is 0 Å². The van der Waals surface area contributed by atoms with Gasteiger partial charge in [0.25, 0.3) is 0 Å². The third-order valence-corrected chi connectivity index (χ3v) is 4.88. The number of nitrogens with zero attached hydrogens (tertiary/aromatic N) is 2. The standard InChI is InChI=1S/C15H20BrN3O/c16-13-3-1-2-4-14(13)19-8-5-12(11-15(19)20)18-9-6-17-7-10-18/h1-4,12,17H,5-11H2. The summed E-state index contributed by atoms with van der Waals surface area (Å²) in [4.78, 5) is 16.8. The van der Waals surface area contributed by atoms with Crippen molar-refractivity contribution >= 4 is 27.5 Å². The van der Waals surface area contributed by atoms with E-state index < -0.39 is 0 Å². The highest BCUT2D eigenvalue weighted by atomic mass is 79.9. The molecular weight excluding hydrogens is 318 g/mol. The molecule has 0 aromatic heterocycles. The fourth-order valence-electron chi connectivity index (χ4n) is 3.10. The summed E-state index contributed by atoms with van der Waals surface area (Å²) in [6.45, 7) is 5.02. The molecule has 1 aromatic rings. The first-order valence-electron chi connectivity index (χ1n) is 7.25. The quantitative estimate of drug-likeness (QED) is 0.894. The topological polar surface area (TPSA) is 35.6 Å². The molecule has 0 radical (unpaired) electrons. The second-order valence-electron chi connectivity index (χ2n) is 5.43. The van der Waals surface area contributed by atoms with Crippen LogP contribution in [0.2, 0.25) is 0 Å². The van der Waals surface area contributed by atoms with Gasteiger partial charge in [-0.05, 0) is 34.5 Å². The number of nitrogens with one attached hydrogen (secondary N) is 1. The van der Waals surface area contributed by atoms with E-state index in [0.717, 1.165) is 49.3 Å². The SMILES string of the molecule is O=C1CC(N2CCNCC2)CCN1c1ccccc1Br. The maximum Gasteiger partial charge on any atom is 0.228 e. The largest absolute Gasteiger partial charge is 0.314 e. The number of carbonyl (C=O) groups is 1. The lowest BCUT2D eigenvalue weighted by molar-refractivity contribution is -0.121. The molecule has 0 spiro atoms. The predicted octanol–water partition coefficient (Wildman–Crippen LogP) is 1.85. The molecule has 0 aliphatic carbocycles. The number of anilines is 1. The van der Waals surface area contributed by atoms with E-state index in [0.29, 0.717) is 12.5 Å². The molecule has 5 heteroatoms. The summed E-state index contributed by atoms with van der Waals surface area (Å²) in [5.74, 6) is 0.242. The Hall–Kier alpha value is -0.910. The van der Waals surface area contributed by atoms with Crippen LogP contribution in [0.4, 0.5) is 5.69 Å². The lowest BCUT2D eigenvalue weighted by Gasteiger charge is -2.40. The lowest BCUT2D eigenvalue weighted by atomic mass is 10.0. The molecule has 2 aliphatic rings. The molecule has 4 nitrogen and oxygen atoms in total. The van der Waals surface area contributed by atoms with Gasteiger partial charge in [0.2, 0.25) is 5.91 Å². The van der Waals surface area contributed by atoms with Crippen molar-refractivity contribution in [2.24, 2.45) is 0 Å². The number of rotatable bonds is 2. The fourth-order valence-corrected chi connectivity index (χ4v) is 3.60. The second kappa shape index (κ2) is 6.24. The van der Waals surface area contributed by atoms with E-state index in [1.54, 1.807) is 0 Å². The van der Waals surface area contributed by atoms with Gasteiger partial charge in [0, 0.05) is 49.7 Å². The zero-order chi connectivity index (χ0) is 13.9. The van der Waals surface area contributed by atoms with E-state index >= 15 is 0 Å². The van der Waals surface area contributed by atoms with Crippen molar-refractivity contribution in [3.05, 3.63) is 28.7 Å². The molecular formula is C15H20BrN3O. The van der Waals surface area contributed by atoms with E-state index in [-0.39, 0.29) is 5.91 Å². The molecule has 2 saturated heterocycles. The van der Waals surface area contributed by atoms with Gasteiger partial charge >= 0.3 is 0 Å². The van der Waals surface area contributed by atoms with Crippen LogP contribution in [0.3, 0.4) is 0 Å². The summed E-state index contributed by atoms with van der Waals surface area (Å²) in [5.41, 5.74) is 0.997. The van der Waals surface area contributed by atoms with E-state index in [4.69, 9.17) is 0 Å². The first-order chi connectivity index (χ1) is 9.75. The van der Waals surface area contributed by atoms with Crippen molar-refractivity contribution in [1.82, 2.24) is 10.2 Å². The van der Waals surface area contributed by atoms with Crippen LogP contribution in [0.15, 0.2) is 28.7 Å². The van der Waals surface area contributed by atoms with Crippen molar-refractivity contribution < 1.29 is 4.79 Å². The van der Waals surface area contributed by atoms with Gasteiger partial charge in [-0.1, -0.05) is 12.1 Å². The third-order valence-electron chi connectivity index (χ3n) is 4.21. The minimum atomic E-state index is 0.242. The summed E-state index contributed by atoms with van der Waals surface area (Å²) in [7, 11) is 0. The molecule has 2 aliphatic heterocycles. The highest BCUT2D eigenvalue weighted by Gasteiger charge is 2.31. The number of amides is 1. The van der Waals surface area contributed by atoms with E-state index in [2.05, 4.69) is 26.1 Å². The minimum Gasteiger partial charge on any atom is -0.314 e. The smallest absolute Gasteiger partial charge is 0.228 e. The van der Waals surface area contributed by atoms with Gasteiger partial charge in [-0.3, -0.25) is 9.69 Å². The third kappa shape index (κ3) is 2.90. The van der Waals surface area contributed by atoms with Crippen LogP contribution in [0.1, 0.15) is 12.8 Å². The van der Waals surface area contributed by atoms with Crippen LogP contribution in [-0.2, 0) is 4.79 Å². The number of para-hydroxylation sites is 1. The van der Waals surface area contributed by atoms with Gasteiger partial charge in [-0.2, -0.15) is 0 Å². The Morgan fingerprint density at radius 3 is 2.60 bits per heavy atom. The summed E-state index contributed by atoms with van der Waals surface area (Å²) in [5, 5.41) is 3.36. The maximum atomic E-state index is 12.5. The Morgan fingerprint density at radius 2 is 1.90 bits per heavy atom. The van der Waals surface area contributed by atoms with Crippen molar-refractivity contribution in [2.75, 3.05) is 37.6 Å². The van der Waals surface area contributed by atoms with Crippen LogP contribution >= 0.6 is 15.9 Å². The highest BCUT2D eigenvalue weighted by Crippen LogP contribution is 2.29. The maximum absolute atomic E-state index is 12.5. The number of piperazine rings is 1. The van der Waals surface area contributed by atoms with E-state index in [9.17, 15) is 4.79 Å². The molecule has 1 atom stereocenters. The van der Waals surface area contributed by atoms with Gasteiger partial charge in [0.1, 0.15) is 0 Å². The number of benzene rings is 1. The molecule has 1 aromatic carbocycles. The Labute approximate surface area is 128 Å². The Bertz CT molecular complexity index is 488. The lowest BCUT2D eigenvalue weighted by Crippen LogP contribution is -2.53. The number of halogens is 1. The molecule has 1 N–H and O–H groups in total. The Kier molecular flexibility index (Phi) is 4.38. The molecule has 2 heterocycles. The molecule has 3 rings (SSSR count). The number of hydrogen-bond donors (Lipinski definition) is 1. The summed E-state index contributed by atoms with van der Waals surface area (Å²) in [6, 6.07) is 8.38. The average molecular weight is 338 g/mol. The predicted molar refractivity (Wildman–Crippen MR) is 84.0 cm³/mol. The number of hydrogen-bond acceptors (Lipinski definition) is 3. The normalized spacial score (nSPS) is 24.9. The molecule has 0 saturated carbocycles. The summed E-state index contributed by atoms with van der Waals surface area (Å²) in [6.07, 6.45) is 1.70. The van der Waals surface area contributed by atoms with Crippen molar-refractivity contribution in [3.63, 3.8) is 0 Å². The first kappa shape index (κ1) is 14.0. The molecule has 1 amide bonds. The van der Waals surface area contributed by atoms with Crippen LogP contribution in [0.5, 0.6) is 0 Å². The zero-order valence-corrected chi connectivity index (χ0v) is 13.1. The van der Waals surface area contributed by atoms with Crippen molar-refractivity contribution in [1.29, 1.82) is 0 Å². The second-order valence-corrected chi connectivity index (χ2v) is 6.28. The van der Waals surface area contributed by atoms with Gasteiger partial charge in [0.15, 0.2) is 0 Å². The van der Waals surface area contributed by atoms with Crippen molar-refractivity contribution in [3.8, 4) is 0 Å². The van der Waals surface area contributed by atoms with Gasteiger partial charge in [-0.15, -0.1) is 0 Å². The fraction of sp³-hybridized carbons (Fsp3) is 0.533. The molecule has 0 bridgehead atoms. The van der Waals surface area contributed by atoms with Crippen LogP contribution in [-0.4, -0.2) is 49.6 Å². The number of piperidine rings is 1. The Morgan fingerprint density at radius 1 is 1.15 bits per heavy atom. The van der Waals surface area contributed by atoms with Gasteiger partial charge in [-0.25, -0.2) is 0 Å². The minimum absolute atomic E-state index is 0.242. The zero-order valence-electron chi connectivity index (χ0n) is 11.5. The summed E-state index contributed by atoms with van der Waals surface area (Å²) >= 11 is 3.54. The first-order valence-corrected chi connectivity index (χ1v) is 8.04. The average Bonchev–Trinajstić information content (AvgIpc) is 2.49. The highest BCUT2D eigenvalue weighted by molar-refractivity contribution is 9.10. The molecule has 1 unspecified atom stereocenters. The van der Waals surface area contributed by atoms with E-state index in [1.807, 2.05) is 29.2 Å². The number of carbonyl (C=O) groups excluding carboxylic acids is 1. The van der Waals surface area contributed by atoms with Crippen LogP contribution in [0, 0.1) is 0 Å². The summed E-state index contributed by atoms with van der Waals surface area (Å²) < 4.78 is 0.994. The molecule has 108 valence electrons. The molecule has 20 heavy (non-hydrogen) atoms. The van der Waals surface area contributed by atoms with Crippen LogP contribution < -0.4 is 10.2 Å². The monoisotopic (exact) mass is 337 g/mol. The Balaban J connectivity index is 1.68.